The molecule has 0 fully saturated rings. The van der Waals surface area contributed by atoms with E-state index in [-0.39, 0.29) is 5.91 Å². The smallest absolute Gasteiger partial charge is 0.273 e. The van der Waals surface area contributed by atoms with Crippen molar-refractivity contribution >= 4 is 34.9 Å². The predicted molar refractivity (Wildman–Crippen MR) is 76.0 cm³/mol. The van der Waals surface area contributed by atoms with E-state index in [4.69, 9.17) is 23.2 Å². The lowest BCUT2D eigenvalue weighted by atomic mass is 10.2. The fraction of sp³-hybridized carbons (Fsp3) is 0.333. The normalized spacial score (nSPS) is 10.7. The van der Waals surface area contributed by atoms with Gasteiger partial charge in [0.05, 0.1) is 5.02 Å². The summed E-state index contributed by atoms with van der Waals surface area (Å²) >= 11 is 11.8. The lowest BCUT2D eigenvalue weighted by Gasteiger charge is -2.03. The van der Waals surface area contributed by atoms with Crippen LogP contribution in [0.2, 0.25) is 10.2 Å². The number of hydrogen-bond acceptors (Lipinski definition) is 2. The maximum absolute atomic E-state index is 12.1. The Morgan fingerprint density at radius 3 is 2.79 bits per heavy atom. The van der Waals surface area contributed by atoms with E-state index >= 15 is 0 Å². The van der Waals surface area contributed by atoms with Gasteiger partial charge in [0.15, 0.2) is 5.82 Å². The van der Waals surface area contributed by atoms with E-state index in [1.807, 2.05) is 6.07 Å². The number of rotatable bonds is 4. The third kappa shape index (κ3) is 2.93. The molecule has 0 atom stereocenters. The minimum absolute atomic E-state index is 0.300. The van der Waals surface area contributed by atoms with E-state index in [0.29, 0.717) is 21.7 Å². The molecule has 1 amide bonds. The van der Waals surface area contributed by atoms with Crippen LogP contribution >= 0.6 is 23.2 Å². The fourth-order valence-electron chi connectivity index (χ4n) is 1.76. The Labute approximate surface area is 120 Å². The Balaban J connectivity index is 2.13. The summed E-state index contributed by atoms with van der Waals surface area (Å²) in [7, 11) is 1.68. The minimum Gasteiger partial charge on any atom is -0.329 e. The Morgan fingerprint density at radius 1 is 1.47 bits per heavy atom. The summed E-state index contributed by atoms with van der Waals surface area (Å²) in [5, 5.41) is 10.3. The van der Waals surface area contributed by atoms with Crippen molar-refractivity contribution in [3.63, 3.8) is 0 Å². The van der Waals surface area contributed by atoms with Gasteiger partial charge in [-0.2, -0.15) is 5.10 Å². The lowest BCUT2D eigenvalue weighted by molar-refractivity contribution is 0.101. The third-order valence-electron chi connectivity index (χ3n) is 2.74. The molecule has 2 aromatic rings. The number of halogens is 2. The molecule has 0 aromatic carbocycles. The van der Waals surface area contributed by atoms with Crippen LogP contribution in [0.25, 0.3) is 0 Å². The number of carbonyl (C=O) groups excluding carboxylic acids is 1. The number of amides is 1. The van der Waals surface area contributed by atoms with Crippen molar-refractivity contribution < 1.29 is 4.79 Å². The fourth-order valence-corrected chi connectivity index (χ4v) is 2.14. The molecule has 0 spiro atoms. The number of aryl methyl sites for hydroxylation is 1. The van der Waals surface area contributed by atoms with Gasteiger partial charge in [0.2, 0.25) is 0 Å². The van der Waals surface area contributed by atoms with Crippen LogP contribution in [0.5, 0.6) is 0 Å². The standard InChI is InChI=1S/C12H14Cl2N4O/c1-3-4-7-5-10(17-16-7)15-12(19)9-6-8(13)11(14)18(9)2/h5-6H,3-4H2,1-2H3,(H2,15,16,17,19). The molecule has 0 aliphatic rings. The SMILES string of the molecule is CCCc1cc(NC(=O)c2cc(Cl)c(Cl)n2C)n[nH]1. The summed E-state index contributed by atoms with van der Waals surface area (Å²) in [5.74, 6) is 0.188. The first-order chi connectivity index (χ1) is 9.02. The van der Waals surface area contributed by atoms with Gasteiger partial charge in [-0.3, -0.25) is 9.89 Å². The molecular formula is C12H14Cl2N4O. The van der Waals surface area contributed by atoms with Crippen molar-refractivity contribution in [3.8, 4) is 0 Å². The first kappa shape index (κ1) is 14.0. The average molecular weight is 301 g/mol. The highest BCUT2D eigenvalue weighted by Crippen LogP contribution is 2.25. The zero-order valence-corrected chi connectivity index (χ0v) is 12.1. The Kier molecular flexibility index (Phi) is 4.17. The topological polar surface area (TPSA) is 62.7 Å². The number of anilines is 1. The molecule has 0 bridgehead atoms. The van der Waals surface area contributed by atoms with Gasteiger partial charge in [0.25, 0.3) is 5.91 Å². The molecule has 0 unspecified atom stereocenters. The first-order valence-electron chi connectivity index (χ1n) is 5.89. The Morgan fingerprint density at radius 2 is 2.21 bits per heavy atom. The van der Waals surface area contributed by atoms with Gasteiger partial charge in [-0.05, 0) is 12.5 Å². The average Bonchev–Trinajstić information content (AvgIpc) is 2.90. The number of H-pyrrole nitrogens is 1. The van der Waals surface area contributed by atoms with Crippen molar-refractivity contribution in [3.05, 3.63) is 33.7 Å². The molecule has 0 radical (unpaired) electrons. The van der Waals surface area contributed by atoms with Crippen LogP contribution in [0.1, 0.15) is 29.5 Å². The summed E-state index contributed by atoms with van der Waals surface area (Å²) in [4.78, 5) is 12.1. The van der Waals surface area contributed by atoms with Crippen LogP contribution in [0.15, 0.2) is 12.1 Å². The second kappa shape index (κ2) is 5.67. The van der Waals surface area contributed by atoms with Crippen LogP contribution in [0.3, 0.4) is 0 Å². The van der Waals surface area contributed by atoms with Crippen molar-refractivity contribution in [1.29, 1.82) is 0 Å². The molecule has 0 saturated heterocycles. The number of hydrogen-bond donors (Lipinski definition) is 2. The monoisotopic (exact) mass is 300 g/mol. The highest BCUT2D eigenvalue weighted by atomic mass is 35.5. The molecule has 0 aliphatic carbocycles. The number of nitrogens with zero attached hydrogens (tertiary/aromatic N) is 2. The second-order valence-electron chi connectivity index (χ2n) is 4.21. The molecule has 2 aromatic heterocycles. The minimum atomic E-state index is -0.300. The van der Waals surface area contributed by atoms with Crippen LogP contribution in [0, 0.1) is 0 Å². The molecule has 19 heavy (non-hydrogen) atoms. The van der Waals surface area contributed by atoms with Gasteiger partial charge in [-0.1, -0.05) is 36.5 Å². The van der Waals surface area contributed by atoms with E-state index in [0.717, 1.165) is 18.5 Å². The number of aromatic amines is 1. The van der Waals surface area contributed by atoms with Gasteiger partial charge >= 0.3 is 0 Å². The molecule has 0 saturated carbocycles. The maximum Gasteiger partial charge on any atom is 0.273 e. The maximum atomic E-state index is 12.1. The molecule has 0 aliphatic heterocycles. The van der Waals surface area contributed by atoms with Crippen LogP contribution in [-0.4, -0.2) is 20.7 Å². The van der Waals surface area contributed by atoms with E-state index in [2.05, 4.69) is 22.4 Å². The van der Waals surface area contributed by atoms with E-state index in [9.17, 15) is 4.79 Å². The molecule has 102 valence electrons. The lowest BCUT2D eigenvalue weighted by Crippen LogP contribution is -2.15. The summed E-state index contributed by atoms with van der Waals surface area (Å²) in [6.07, 6.45) is 1.91. The second-order valence-corrected chi connectivity index (χ2v) is 4.98. The third-order valence-corrected chi connectivity index (χ3v) is 3.58. The highest BCUT2D eigenvalue weighted by Gasteiger charge is 2.16. The van der Waals surface area contributed by atoms with Crippen molar-refractivity contribution in [2.75, 3.05) is 5.32 Å². The first-order valence-corrected chi connectivity index (χ1v) is 6.65. The van der Waals surface area contributed by atoms with Crippen LogP contribution in [0.4, 0.5) is 5.82 Å². The summed E-state index contributed by atoms with van der Waals surface area (Å²) < 4.78 is 1.53. The molecule has 7 heteroatoms. The molecular weight excluding hydrogens is 287 g/mol. The number of nitrogens with one attached hydrogen (secondary N) is 2. The summed E-state index contributed by atoms with van der Waals surface area (Å²) in [6, 6.07) is 3.34. The predicted octanol–water partition coefficient (Wildman–Crippen LogP) is 3.26. The summed E-state index contributed by atoms with van der Waals surface area (Å²) in [6.45, 7) is 2.08. The van der Waals surface area contributed by atoms with E-state index < -0.39 is 0 Å². The van der Waals surface area contributed by atoms with E-state index in [1.54, 1.807) is 7.05 Å². The Bertz CT molecular complexity index is 603. The highest BCUT2D eigenvalue weighted by molar-refractivity contribution is 6.42. The Hall–Kier alpha value is -1.46. The molecule has 5 nitrogen and oxygen atoms in total. The van der Waals surface area contributed by atoms with Crippen LogP contribution < -0.4 is 5.32 Å². The van der Waals surface area contributed by atoms with Gasteiger partial charge in [0, 0.05) is 18.8 Å². The number of carbonyl (C=O) groups is 1. The van der Waals surface area contributed by atoms with Gasteiger partial charge in [-0.25, -0.2) is 0 Å². The zero-order chi connectivity index (χ0) is 14.0. The summed E-state index contributed by atoms with van der Waals surface area (Å²) in [5.41, 5.74) is 1.37. The molecule has 2 rings (SSSR count). The van der Waals surface area contributed by atoms with Gasteiger partial charge in [-0.15, -0.1) is 0 Å². The largest absolute Gasteiger partial charge is 0.329 e. The zero-order valence-electron chi connectivity index (χ0n) is 10.6. The molecule has 2 heterocycles. The van der Waals surface area contributed by atoms with E-state index in [1.165, 1.54) is 10.6 Å². The van der Waals surface area contributed by atoms with Crippen molar-refractivity contribution in [2.45, 2.75) is 19.8 Å². The number of aromatic nitrogens is 3. The van der Waals surface area contributed by atoms with Gasteiger partial charge in [0.1, 0.15) is 10.8 Å². The van der Waals surface area contributed by atoms with Crippen molar-refractivity contribution in [1.82, 2.24) is 14.8 Å². The van der Waals surface area contributed by atoms with Crippen LogP contribution in [-0.2, 0) is 13.5 Å². The quantitative estimate of drug-likeness (QED) is 0.910. The molecule has 2 N–H and O–H groups in total. The van der Waals surface area contributed by atoms with Crippen molar-refractivity contribution in [2.24, 2.45) is 7.05 Å². The van der Waals surface area contributed by atoms with Gasteiger partial charge < -0.3 is 9.88 Å².